The average Bonchev–Trinajstić information content (AvgIpc) is 3.41. The SMILES string of the molecule is c1ccc(-c2cc3nccc(N4CCCC4)c3c(Nc3ccc4nc(C5CC5)sc4c3)n2)nc1. The number of hydrogen-bond donors (Lipinski definition) is 1. The van der Waals surface area contributed by atoms with E-state index in [4.69, 9.17) is 15.0 Å². The first kappa shape index (κ1) is 19.9. The summed E-state index contributed by atoms with van der Waals surface area (Å²) < 4.78 is 1.22. The second kappa shape index (κ2) is 8.02. The van der Waals surface area contributed by atoms with Crippen LogP contribution in [-0.2, 0) is 0 Å². The molecule has 4 aromatic heterocycles. The highest BCUT2D eigenvalue weighted by Crippen LogP contribution is 2.44. The van der Waals surface area contributed by atoms with E-state index < -0.39 is 0 Å². The van der Waals surface area contributed by atoms with Crippen LogP contribution in [0, 0.1) is 0 Å². The molecule has 0 amide bonds. The van der Waals surface area contributed by atoms with E-state index >= 15 is 0 Å². The first-order valence-electron chi connectivity index (χ1n) is 12.0. The quantitative estimate of drug-likeness (QED) is 0.319. The lowest BCUT2D eigenvalue weighted by molar-refractivity contribution is 0.949. The third-order valence-corrected chi connectivity index (χ3v) is 7.85. The third kappa shape index (κ3) is 3.56. The zero-order valence-electron chi connectivity index (χ0n) is 18.7. The molecule has 2 aliphatic rings. The molecule has 1 saturated carbocycles. The second-order valence-corrected chi connectivity index (χ2v) is 10.2. The maximum Gasteiger partial charge on any atom is 0.142 e. The fourth-order valence-corrected chi connectivity index (χ4v) is 5.95. The van der Waals surface area contributed by atoms with Gasteiger partial charge in [0.2, 0.25) is 0 Å². The first-order valence-corrected chi connectivity index (χ1v) is 12.8. The number of hydrogen-bond acceptors (Lipinski definition) is 7. The molecule has 5 aromatic rings. The van der Waals surface area contributed by atoms with Crippen LogP contribution >= 0.6 is 11.3 Å². The molecule has 0 atom stereocenters. The Hall–Kier alpha value is -3.58. The molecule has 7 rings (SSSR count). The molecule has 7 heteroatoms. The van der Waals surface area contributed by atoms with Crippen LogP contribution in [0.4, 0.5) is 17.2 Å². The van der Waals surface area contributed by atoms with Crippen molar-refractivity contribution in [3.05, 3.63) is 65.9 Å². The molecule has 34 heavy (non-hydrogen) atoms. The third-order valence-electron chi connectivity index (χ3n) is 6.67. The van der Waals surface area contributed by atoms with Gasteiger partial charge in [0.15, 0.2) is 0 Å². The maximum atomic E-state index is 5.07. The Morgan fingerprint density at radius 3 is 2.59 bits per heavy atom. The topological polar surface area (TPSA) is 66.8 Å². The van der Waals surface area contributed by atoms with Gasteiger partial charge in [-0.1, -0.05) is 6.07 Å². The Labute approximate surface area is 201 Å². The fourth-order valence-electron chi connectivity index (χ4n) is 4.78. The molecule has 1 aliphatic carbocycles. The van der Waals surface area contributed by atoms with Crippen LogP contribution in [0.5, 0.6) is 0 Å². The van der Waals surface area contributed by atoms with Gasteiger partial charge in [-0.25, -0.2) is 9.97 Å². The second-order valence-electron chi connectivity index (χ2n) is 9.12. The van der Waals surface area contributed by atoms with Crippen LogP contribution in [0.1, 0.15) is 36.6 Å². The van der Waals surface area contributed by atoms with E-state index in [0.717, 1.165) is 52.4 Å². The molecule has 0 spiro atoms. The van der Waals surface area contributed by atoms with Crippen molar-refractivity contribution in [2.24, 2.45) is 0 Å². The van der Waals surface area contributed by atoms with E-state index in [0.29, 0.717) is 5.92 Å². The van der Waals surface area contributed by atoms with Crippen molar-refractivity contribution in [2.45, 2.75) is 31.6 Å². The molecular formula is C27H24N6S. The Balaban J connectivity index is 1.37. The molecule has 1 aromatic carbocycles. The lowest BCUT2D eigenvalue weighted by Gasteiger charge is -2.21. The van der Waals surface area contributed by atoms with Crippen LogP contribution < -0.4 is 10.2 Å². The van der Waals surface area contributed by atoms with Crippen LogP contribution in [0.3, 0.4) is 0 Å². The van der Waals surface area contributed by atoms with Gasteiger partial charge in [0.25, 0.3) is 0 Å². The summed E-state index contributed by atoms with van der Waals surface area (Å²) >= 11 is 1.82. The molecule has 5 heterocycles. The van der Waals surface area contributed by atoms with Crippen LogP contribution in [0.15, 0.2) is 60.9 Å². The molecule has 1 aliphatic heterocycles. The predicted octanol–water partition coefficient (Wildman–Crippen LogP) is 6.52. The number of rotatable bonds is 5. The maximum absolute atomic E-state index is 5.07. The van der Waals surface area contributed by atoms with Gasteiger partial charge < -0.3 is 10.2 Å². The summed E-state index contributed by atoms with van der Waals surface area (Å²) in [6.07, 6.45) is 8.69. The molecule has 6 nitrogen and oxygen atoms in total. The Morgan fingerprint density at radius 1 is 0.853 bits per heavy atom. The highest BCUT2D eigenvalue weighted by molar-refractivity contribution is 7.18. The summed E-state index contributed by atoms with van der Waals surface area (Å²) in [4.78, 5) is 21.6. The number of thiazole rings is 1. The Bertz CT molecular complexity index is 1500. The smallest absolute Gasteiger partial charge is 0.142 e. The minimum absolute atomic E-state index is 0.670. The summed E-state index contributed by atoms with van der Waals surface area (Å²) in [6.45, 7) is 2.13. The molecule has 0 radical (unpaired) electrons. The minimum Gasteiger partial charge on any atom is -0.371 e. The van der Waals surface area contributed by atoms with Crippen LogP contribution in [0.2, 0.25) is 0 Å². The van der Waals surface area contributed by atoms with Gasteiger partial charge in [0.1, 0.15) is 5.82 Å². The number of nitrogens with zero attached hydrogens (tertiary/aromatic N) is 5. The summed E-state index contributed by atoms with van der Waals surface area (Å²) in [5.74, 6) is 1.49. The summed E-state index contributed by atoms with van der Waals surface area (Å²) in [6, 6.07) is 16.5. The van der Waals surface area contributed by atoms with Gasteiger partial charge >= 0.3 is 0 Å². The van der Waals surface area contributed by atoms with Crippen molar-refractivity contribution in [1.82, 2.24) is 19.9 Å². The Morgan fingerprint density at radius 2 is 1.76 bits per heavy atom. The number of nitrogens with one attached hydrogen (secondary N) is 1. The normalized spacial score (nSPS) is 15.9. The predicted molar refractivity (Wildman–Crippen MR) is 139 cm³/mol. The van der Waals surface area contributed by atoms with Gasteiger partial charge in [-0.3, -0.25) is 9.97 Å². The standard InChI is InChI=1S/C27H24N6S/c1-2-11-28-19(5-1)21-16-22-25(23(10-12-29-22)33-13-3-4-14-33)26(31-21)30-18-8-9-20-24(15-18)34-27(32-20)17-6-7-17/h1-2,5,8-12,15-17H,3-4,6-7,13-14H2,(H,30,31). The van der Waals surface area contributed by atoms with E-state index in [2.05, 4.69) is 45.5 Å². The average molecular weight is 465 g/mol. The lowest BCUT2D eigenvalue weighted by atomic mass is 10.1. The van der Waals surface area contributed by atoms with E-state index in [-0.39, 0.29) is 0 Å². The van der Waals surface area contributed by atoms with Crippen molar-refractivity contribution >= 4 is 49.6 Å². The van der Waals surface area contributed by atoms with Crippen molar-refractivity contribution in [3.8, 4) is 11.4 Å². The molecular weight excluding hydrogens is 440 g/mol. The van der Waals surface area contributed by atoms with E-state index in [1.54, 1.807) is 6.20 Å². The highest BCUT2D eigenvalue weighted by atomic mass is 32.1. The fraction of sp³-hybridized carbons (Fsp3) is 0.259. The van der Waals surface area contributed by atoms with Crippen molar-refractivity contribution in [3.63, 3.8) is 0 Å². The van der Waals surface area contributed by atoms with Gasteiger partial charge in [-0.05, 0) is 68.1 Å². The lowest BCUT2D eigenvalue weighted by Crippen LogP contribution is -2.18. The molecule has 0 unspecified atom stereocenters. The van der Waals surface area contributed by atoms with Gasteiger partial charge in [-0.2, -0.15) is 0 Å². The van der Waals surface area contributed by atoms with E-state index in [1.807, 2.05) is 35.7 Å². The van der Waals surface area contributed by atoms with Gasteiger partial charge in [-0.15, -0.1) is 11.3 Å². The molecule has 0 bridgehead atoms. The number of anilines is 3. The first-order chi connectivity index (χ1) is 16.8. The number of benzene rings is 1. The molecule has 1 N–H and O–H groups in total. The van der Waals surface area contributed by atoms with Crippen molar-refractivity contribution < 1.29 is 0 Å². The monoisotopic (exact) mass is 464 g/mol. The van der Waals surface area contributed by atoms with Gasteiger partial charge in [0.05, 0.1) is 43.2 Å². The van der Waals surface area contributed by atoms with E-state index in [9.17, 15) is 0 Å². The van der Waals surface area contributed by atoms with Crippen LogP contribution in [-0.4, -0.2) is 33.0 Å². The largest absolute Gasteiger partial charge is 0.371 e. The zero-order chi connectivity index (χ0) is 22.5. The van der Waals surface area contributed by atoms with E-state index in [1.165, 1.54) is 41.1 Å². The summed E-state index contributed by atoms with van der Waals surface area (Å²) in [5, 5.41) is 5.97. The number of aromatic nitrogens is 4. The minimum atomic E-state index is 0.670. The number of fused-ring (bicyclic) bond motifs is 2. The van der Waals surface area contributed by atoms with Crippen molar-refractivity contribution in [1.29, 1.82) is 0 Å². The zero-order valence-corrected chi connectivity index (χ0v) is 19.6. The summed E-state index contributed by atoms with van der Waals surface area (Å²) in [7, 11) is 0. The molecule has 2 fully saturated rings. The highest BCUT2D eigenvalue weighted by Gasteiger charge is 2.27. The Kier molecular flexibility index (Phi) is 4.68. The van der Waals surface area contributed by atoms with Crippen molar-refractivity contribution in [2.75, 3.05) is 23.3 Å². The number of pyridine rings is 3. The van der Waals surface area contributed by atoms with Crippen LogP contribution in [0.25, 0.3) is 32.5 Å². The summed E-state index contributed by atoms with van der Waals surface area (Å²) in [5.41, 5.74) is 5.88. The molecule has 168 valence electrons. The molecule has 1 saturated heterocycles. The van der Waals surface area contributed by atoms with Gasteiger partial charge in [0, 0.05) is 37.1 Å².